The second-order valence-electron chi connectivity index (χ2n) is 7.62. The summed E-state index contributed by atoms with van der Waals surface area (Å²) in [6.45, 7) is 0.581. The van der Waals surface area contributed by atoms with Crippen molar-refractivity contribution in [3.63, 3.8) is 0 Å². The van der Waals surface area contributed by atoms with Gasteiger partial charge in [0.2, 0.25) is 5.91 Å². The van der Waals surface area contributed by atoms with Gasteiger partial charge in [-0.15, -0.1) is 0 Å². The van der Waals surface area contributed by atoms with E-state index in [0.29, 0.717) is 35.9 Å². The van der Waals surface area contributed by atoms with Gasteiger partial charge in [-0.25, -0.2) is 0 Å². The van der Waals surface area contributed by atoms with Crippen molar-refractivity contribution in [2.24, 2.45) is 0 Å². The van der Waals surface area contributed by atoms with Crippen LogP contribution >= 0.6 is 0 Å². The van der Waals surface area contributed by atoms with Gasteiger partial charge in [0.1, 0.15) is 11.8 Å². The molecule has 164 valence electrons. The molecular formula is C26H26N2O4. The van der Waals surface area contributed by atoms with Crippen LogP contribution in [-0.4, -0.2) is 30.4 Å². The Morgan fingerprint density at radius 2 is 1.59 bits per heavy atom. The molecule has 3 aromatic carbocycles. The predicted octanol–water partition coefficient (Wildman–Crippen LogP) is 5.18. The van der Waals surface area contributed by atoms with Crippen molar-refractivity contribution in [1.82, 2.24) is 4.90 Å². The number of carbonyl (C=O) groups is 2. The van der Waals surface area contributed by atoms with Crippen molar-refractivity contribution in [2.45, 2.75) is 25.3 Å². The van der Waals surface area contributed by atoms with E-state index < -0.39 is 6.04 Å². The molecule has 6 heteroatoms. The molecule has 1 saturated heterocycles. The molecule has 0 aromatic heterocycles. The number of carbonyl (C=O) groups excluding carboxylic acids is 2. The highest BCUT2D eigenvalue weighted by Crippen LogP contribution is 2.32. The molecule has 6 nitrogen and oxygen atoms in total. The zero-order chi connectivity index (χ0) is 22.3. The number of rotatable bonds is 7. The van der Waals surface area contributed by atoms with Crippen LogP contribution in [0.2, 0.25) is 0 Å². The van der Waals surface area contributed by atoms with Gasteiger partial charge in [-0.1, -0.05) is 42.5 Å². The van der Waals surface area contributed by atoms with Crippen molar-refractivity contribution in [1.29, 1.82) is 0 Å². The number of piperidine rings is 1. The standard InChI is InChI=1S/C26H26N2O4/c1-31-22-11-5-6-12-23(22)32-21-16-14-20(15-17-21)27-26(30)25(19-9-3-2-4-10-19)28-18-8-7-13-24(28)29/h2-6,9-12,14-17,25H,7-8,13,18H2,1H3,(H,27,30). The highest BCUT2D eigenvalue weighted by atomic mass is 16.5. The number of para-hydroxylation sites is 2. The number of ether oxygens (including phenoxy) is 2. The molecule has 0 saturated carbocycles. The number of nitrogens with zero attached hydrogens (tertiary/aromatic N) is 1. The fourth-order valence-corrected chi connectivity index (χ4v) is 3.85. The summed E-state index contributed by atoms with van der Waals surface area (Å²) in [5, 5.41) is 2.96. The van der Waals surface area contributed by atoms with E-state index in [-0.39, 0.29) is 11.8 Å². The molecule has 32 heavy (non-hydrogen) atoms. The zero-order valence-corrected chi connectivity index (χ0v) is 18.0. The molecule has 1 N–H and O–H groups in total. The van der Waals surface area contributed by atoms with Gasteiger partial charge in [-0.05, 0) is 54.8 Å². The maximum atomic E-state index is 13.3. The van der Waals surface area contributed by atoms with Gasteiger partial charge in [-0.2, -0.15) is 0 Å². The van der Waals surface area contributed by atoms with Crippen molar-refractivity contribution < 1.29 is 19.1 Å². The third-order valence-electron chi connectivity index (χ3n) is 5.45. The molecule has 0 aliphatic carbocycles. The number of likely N-dealkylation sites (tertiary alicyclic amines) is 1. The van der Waals surface area contributed by atoms with Crippen LogP contribution in [0.5, 0.6) is 17.2 Å². The summed E-state index contributed by atoms with van der Waals surface area (Å²) in [5.74, 6) is 1.66. The van der Waals surface area contributed by atoms with Crippen LogP contribution in [-0.2, 0) is 9.59 Å². The Morgan fingerprint density at radius 1 is 0.906 bits per heavy atom. The fraction of sp³-hybridized carbons (Fsp3) is 0.231. The average molecular weight is 431 g/mol. The summed E-state index contributed by atoms with van der Waals surface area (Å²) in [7, 11) is 1.59. The number of anilines is 1. The second kappa shape index (κ2) is 10.0. The molecule has 1 aliphatic rings. The molecule has 1 fully saturated rings. The van der Waals surface area contributed by atoms with Crippen molar-refractivity contribution in [3.8, 4) is 17.2 Å². The third-order valence-corrected chi connectivity index (χ3v) is 5.45. The minimum atomic E-state index is -0.659. The first-order chi connectivity index (χ1) is 15.7. The van der Waals surface area contributed by atoms with Crippen LogP contribution in [0.4, 0.5) is 5.69 Å². The molecule has 1 unspecified atom stereocenters. The molecule has 1 aliphatic heterocycles. The number of hydrogen-bond donors (Lipinski definition) is 1. The van der Waals surface area contributed by atoms with Crippen LogP contribution in [0, 0.1) is 0 Å². The number of methoxy groups -OCH3 is 1. The highest BCUT2D eigenvalue weighted by molar-refractivity contribution is 5.98. The monoisotopic (exact) mass is 430 g/mol. The van der Waals surface area contributed by atoms with Crippen LogP contribution < -0.4 is 14.8 Å². The van der Waals surface area contributed by atoms with Gasteiger partial charge in [0, 0.05) is 18.7 Å². The predicted molar refractivity (Wildman–Crippen MR) is 123 cm³/mol. The molecule has 0 radical (unpaired) electrons. The normalized spacial score (nSPS) is 14.5. The zero-order valence-electron chi connectivity index (χ0n) is 18.0. The number of benzene rings is 3. The number of nitrogens with one attached hydrogen (secondary N) is 1. The first kappa shape index (κ1) is 21.4. The lowest BCUT2D eigenvalue weighted by Crippen LogP contribution is -2.43. The summed E-state index contributed by atoms with van der Waals surface area (Å²) < 4.78 is 11.2. The van der Waals surface area contributed by atoms with E-state index in [2.05, 4.69) is 5.32 Å². The Labute approximate surface area is 187 Å². The van der Waals surface area contributed by atoms with E-state index in [0.717, 1.165) is 18.4 Å². The number of hydrogen-bond acceptors (Lipinski definition) is 4. The van der Waals surface area contributed by atoms with E-state index in [1.165, 1.54) is 0 Å². The lowest BCUT2D eigenvalue weighted by atomic mass is 10.0. The molecule has 2 amide bonds. The van der Waals surface area contributed by atoms with Crippen LogP contribution in [0.25, 0.3) is 0 Å². The maximum absolute atomic E-state index is 13.3. The van der Waals surface area contributed by atoms with E-state index >= 15 is 0 Å². The van der Waals surface area contributed by atoms with Gasteiger partial charge in [0.25, 0.3) is 5.91 Å². The third kappa shape index (κ3) is 4.91. The summed E-state index contributed by atoms with van der Waals surface area (Å²) in [6, 6.07) is 23.3. The Morgan fingerprint density at radius 3 is 2.28 bits per heavy atom. The smallest absolute Gasteiger partial charge is 0.251 e. The fourth-order valence-electron chi connectivity index (χ4n) is 3.85. The van der Waals surface area contributed by atoms with Gasteiger partial charge in [-0.3, -0.25) is 9.59 Å². The highest BCUT2D eigenvalue weighted by Gasteiger charge is 2.32. The Hall–Kier alpha value is -3.80. The Bertz CT molecular complexity index is 1070. The summed E-state index contributed by atoms with van der Waals surface area (Å²) in [4.78, 5) is 27.5. The van der Waals surface area contributed by atoms with Crippen molar-refractivity contribution >= 4 is 17.5 Å². The van der Waals surface area contributed by atoms with Crippen LogP contribution in [0.3, 0.4) is 0 Å². The molecular weight excluding hydrogens is 404 g/mol. The van der Waals surface area contributed by atoms with E-state index in [9.17, 15) is 9.59 Å². The van der Waals surface area contributed by atoms with Crippen LogP contribution in [0.1, 0.15) is 30.9 Å². The minimum Gasteiger partial charge on any atom is -0.493 e. The minimum absolute atomic E-state index is 0.0146. The first-order valence-electron chi connectivity index (χ1n) is 10.7. The number of amides is 2. The lowest BCUT2D eigenvalue weighted by Gasteiger charge is -2.34. The largest absolute Gasteiger partial charge is 0.493 e. The molecule has 1 atom stereocenters. The topological polar surface area (TPSA) is 67.9 Å². The van der Waals surface area contributed by atoms with Gasteiger partial charge in [0.05, 0.1) is 7.11 Å². The molecule has 3 aromatic rings. The van der Waals surface area contributed by atoms with Gasteiger partial charge in [0.15, 0.2) is 11.5 Å². The van der Waals surface area contributed by atoms with E-state index in [4.69, 9.17) is 9.47 Å². The SMILES string of the molecule is COc1ccccc1Oc1ccc(NC(=O)C(c2ccccc2)N2CCCCC2=O)cc1. The Balaban J connectivity index is 1.50. The molecule has 0 bridgehead atoms. The van der Waals surface area contributed by atoms with Gasteiger partial charge < -0.3 is 19.7 Å². The summed E-state index contributed by atoms with van der Waals surface area (Å²) in [6.07, 6.45) is 2.25. The Kier molecular flexibility index (Phi) is 6.70. The first-order valence-corrected chi connectivity index (χ1v) is 10.7. The average Bonchev–Trinajstić information content (AvgIpc) is 2.83. The lowest BCUT2D eigenvalue weighted by molar-refractivity contribution is -0.141. The molecule has 0 spiro atoms. The van der Waals surface area contributed by atoms with Crippen molar-refractivity contribution in [3.05, 3.63) is 84.4 Å². The molecule has 4 rings (SSSR count). The second-order valence-corrected chi connectivity index (χ2v) is 7.62. The quantitative estimate of drug-likeness (QED) is 0.561. The van der Waals surface area contributed by atoms with E-state index in [1.54, 1.807) is 36.3 Å². The van der Waals surface area contributed by atoms with Crippen molar-refractivity contribution in [2.75, 3.05) is 19.0 Å². The maximum Gasteiger partial charge on any atom is 0.251 e. The summed E-state index contributed by atoms with van der Waals surface area (Å²) in [5.41, 5.74) is 1.43. The molecule has 1 heterocycles. The van der Waals surface area contributed by atoms with Gasteiger partial charge >= 0.3 is 0 Å². The van der Waals surface area contributed by atoms with Crippen LogP contribution in [0.15, 0.2) is 78.9 Å². The van der Waals surface area contributed by atoms with E-state index in [1.807, 2.05) is 54.6 Å². The summed E-state index contributed by atoms with van der Waals surface area (Å²) >= 11 is 0.